The van der Waals surface area contributed by atoms with E-state index in [-0.39, 0.29) is 23.1 Å². The van der Waals surface area contributed by atoms with Crippen molar-refractivity contribution in [2.75, 3.05) is 31.1 Å². The third kappa shape index (κ3) is 7.37. The summed E-state index contributed by atoms with van der Waals surface area (Å²) < 4.78 is 30.0. The number of oxime groups is 1. The lowest BCUT2D eigenvalue weighted by molar-refractivity contribution is -0.141. The van der Waals surface area contributed by atoms with E-state index in [9.17, 15) is 18.0 Å². The monoisotopic (exact) mass is 599 g/mol. The number of sulfonamides is 1. The van der Waals surface area contributed by atoms with Gasteiger partial charge in [0.05, 0.1) is 4.90 Å². The molecule has 1 fully saturated rings. The van der Waals surface area contributed by atoms with E-state index in [1.807, 2.05) is 54.6 Å². The smallest absolute Gasteiger partial charge is 0.332 e. The number of para-hydroxylation sites is 1. The van der Waals surface area contributed by atoms with Gasteiger partial charge in [-0.1, -0.05) is 71.9 Å². The highest BCUT2D eigenvalue weighted by atomic mass is 32.2. The van der Waals surface area contributed by atoms with Crippen LogP contribution in [0.3, 0.4) is 0 Å². The number of carbonyl (C=O) groups excluding carboxylic acids is 2. The zero-order valence-corrected chi connectivity index (χ0v) is 24.5. The Hall–Kier alpha value is -4.74. The number of nitrogens with one attached hydrogen (secondary N) is 1. The summed E-state index contributed by atoms with van der Waals surface area (Å²) in [5.41, 5.74) is 8.19. The van der Waals surface area contributed by atoms with Gasteiger partial charge in [-0.3, -0.25) is 4.79 Å². The number of amidine groups is 1. The van der Waals surface area contributed by atoms with Gasteiger partial charge in [0, 0.05) is 44.4 Å². The normalized spacial score (nSPS) is 14.9. The van der Waals surface area contributed by atoms with Gasteiger partial charge >= 0.3 is 5.97 Å². The Labute approximate surface area is 250 Å². The summed E-state index contributed by atoms with van der Waals surface area (Å²) in [6, 6.07) is 28.1. The number of rotatable bonds is 9. The number of fused-ring (bicyclic) bond motifs is 1. The van der Waals surface area contributed by atoms with Crippen LogP contribution in [0.15, 0.2) is 107 Å². The summed E-state index contributed by atoms with van der Waals surface area (Å²) in [5.74, 6) is -0.946. The molecule has 1 aliphatic rings. The summed E-state index contributed by atoms with van der Waals surface area (Å²) in [5, 5.41) is 5.32. The molecule has 0 aliphatic carbocycles. The van der Waals surface area contributed by atoms with Crippen molar-refractivity contribution in [2.45, 2.75) is 24.3 Å². The molecule has 1 amide bonds. The second kappa shape index (κ2) is 13.1. The number of benzene rings is 4. The number of hydrogen-bond donors (Lipinski definition) is 2. The number of nitrogens with zero attached hydrogens (tertiary/aromatic N) is 3. The van der Waals surface area contributed by atoms with Gasteiger partial charge in [-0.05, 0) is 53.1 Å². The van der Waals surface area contributed by atoms with Crippen LogP contribution < -0.4 is 15.4 Å². The van der Waals surface area contributed by atoms with E-state index in [0.717, 1.165) is 16.5 Å². The summed E-state index contributed by atoms with van der Waals surface area (Å²) in [6.07, 6.45) is 0.0687. The maximum Gasteiger partial charge on any atom is 0.332 e. The Bertz CT molecular complexity index is 1750. The highest BCUT2D eigenvalue weighted by Gasteiger charge is 2.31. The topological polar surface area (TPSA) is 134 Å². The van der Waals surface area contributed by atoms with E-state index in [1.54, 1.807) is 41.3 Å². The van der Waals surface area contributed by atoms with Crippen molar-refractivity contribution in [1.82, 2.24) is 9.62 Å². The summed E-state index contributed by atoms with van der Waals surface area (Å²) in [4.78, 5) is 33.7. The quantitative estimate of drug-likeness (QED) is 0.131. The molecular formula is C32H33N5O5S. The van der Waals surface area contributed by atoms with Crippen LogP contribution in [-0.2, 0) is 30.9 Å². The van der Waals surface area contributed by atoms with Gasteiger partial charge in [0.15, 0.2) is 5.84 Å². The number of nitrogens with two attached hydrogens (primary N) is 1. The van der Waals surface area contributed by atoms with E-state index >= 15 is 0 Å². The number of anilines is 1. The first-order chi connectivity index (χ1) is 20.7. The van der Waals surface area contributed by atoms with E-state index in [2.05, 4.69) is 19.6 Å². The molecule has 5 rings (SSSR count). The van der Waals surface area contributed by atoms with E-state index in [0.29, 0.717) is 37.3 Å². The molecule has 1 unspecified atom stereocenters. The Morgan fingerprint density at radius 1 is 0.884 bits per heavy atom. The fourth-order valence-electron chi connectivity index (χ4n) is 5.07. The number of piperazine rings is 1. The molecule has 0 saturated carbocycles. The van der Waals surface area contributed by atoms with Gasteiger partial charge in [0.1, 0.15) is 6.04 Å². The van der Waals surface area contributed by atoms with Crippen LogP contribution in [0.4, 0.5) is 5.69 Å². The molecule has 1 heterocycles. The van der Waals surface area contributed by atoms with Gasteiger partial charge in [-0.2, -0.15) is 4.72 Å². The molecule has 4 aromatic rings. The first kappa shape index (κ1) is 29.7. The minimum Gasteiger partial charge on any atom is -0.380 e. The van der Waals surface area contributed by atoms with Crippen molar-refractivity contribution in [3.05, 3.63) is 108 Å². The Morgan fingerprint density at radius 2 is 1.58 bits per heavy atom. The Morgan fingerprint density at radius 3 is 2.30 bits per heavy atom. The summed E-state index contributed by atoms with van der Waals surface area (Å²) in [6.45, 7) is 3.36. The lowest BCUT2D eigenvalue weighted by Crippen LogP contribution is -2.55. The van der Waals surface area contributed by atoms with E-state index in [1.165, 1.54) is 13.0 Å². The van der Waals surface area contributed by atoms with Crippen molar-refractivity contribution >= 4 is 44.2 Å². The molecule has 3 N–H and O–H groups in total. The SMILES string of the molecule is CC(=O)ON=C(N)c1cccc(CC(NS(=O)(=O)c2ccc3ccccc3c2)C(=O)N2CCN(c3ccccc3)CC2)c1. The van der Waals surface area contributed by atoms with Crippen LogP contribution >= 0.6 is 0 Å². The highest BCUT2D eigenvalue weighted by Crippen LogP contribution is 2.21. The molecule has 0 aromatic heterocycles. The fourth-order valence-corrected chi connectivity index (χ4v) is 6.30. The maximum absolute atomic E-state index is 13.9. The van der Waals surface area contributed by atoms with Crippen molar-refractivity contribution in [1.29, 1.82) is 0 Å². The van der Waals surface area contributed by atoms with Crippen molar-refractivity contribution in [3.63, 3.8) is 0 Å². The largest absolute Gasteiger partial charge is 0.380 e. The molecule has 0 bridgehead atoms. The van der Waals surface area contributed by atoms with Crippen LogP contribution in [0.1, 0.15) is 18.1 Å². The molecule has 43 heavy (non-hydrogen) atoms. The average Bonchev–Trinajstić information content (AvgIpc) is 3.03. The lowest BCUT2D eigenvalue weighted by Gasteiger charge is -2.37. The van der Waals surface area contributed by atoms with Gasteiger partial charge < -0.3 is 20.4 Å². The van der Waals surface area contributed by atoms with Gasteiger partial charge in [0.25, 0.3) is 0 Å². The minimum atomic E-state index is -4.07. The summed E-state index contributed by atoms with van der Waals surface area (Å²) >= 11 is 0. The second-order valence-electron chi connectivity index (χ2n) is 10.3. The average molecular weight is 600 g/mol. The summed E-state index contributed by atoms with van der Waals surface area (Å²) in [7, 11) is -4.07. The molecule has 11 heteroatoms. The Kier molecular flexibility index (Phi) is 9.03. The van der Waals surface area contributed by atoms with Crippen LogP contribution in [0.5, 0.6) is 0 Å². The second-order valence-corrected chi connectivity index (χ2v) is 12.0. The van der Waals surface area contributed by atoms with Crippen LogP contribution in [0.2, 0.25) is 0 Å². The number of carbonyl (C=O) groups is 2. The number of hydrogen-bond acceptors (Lipinski definition) is 7. The molecule has 222 valence electrons. The molecule has 4 aromatic carbocycles. The maximum atomic E-state index is 13.9. The van der Waals surface area contributed by atoms with Crippen LogP contribution in [0.25, 0.3) is 10.8 Å². The van der Waals surface area contributed by atoms with Crippen molar-refractivity contribution in [3.8, 4) is 0 Å². The van der Waals surface area contributed by atoms with Crippen LogP contribution in [-0.4, -0.2) is 63.3 Å². The third-order valence-electron chi connectivity index (χ3n) is 7.27. The first-order valence-corrected chi connectivity index (χ1v) is 15.4. The van der Waals surface area contributed by atoms with Crippen LogP contribution in [0, 0.1) is 0 Å². The molecule has 1 aliphatic heterocycles. The fraction of sp³-hybridized carbons (Fsp3) is 0.219. The van der Waals surface area contributed by atoms with E-state index < -0.39 is 22.0 Å². The molecule has 1 atom stereocenters. The molecule has 0 radical (unpaired) electrons. The van der Waals surface area contributed by atoms with E-state index in [4.69, 9.17) is 5.73 Å². The molecular weight excluding hydrogens is 566 g/mol. The predicted octanol–water partition coefficient (Wildman–Crippen LogP) is 3.26. The van der Waals surface area contributed by atoms with Crippen molar-refractivity contribution < 1.29 is 22.8 Å². The standard InChI is InChI=1S/C32H33N5O5S/c1-23(38)42-34-31(33)27-11-7-8-24(20-27)21-30(32(39)37-18-16-36(17-19-37)28-12-3-2-4-13-28)35-43(40,41)29-15-14-25-9-5-6-10-26(25)22-29/h2-15,20,22,30,35H,16-19,21H2,1H3,(H2,33,34). The highest BCUT2D eigenvalue weighted by molar-refractivity contribution is 7.89. The molecule has 10 nitrogen and oxygen atoms in total. The minimum absolute atomic E-state index is 0.0197. The van der Waals surface area contributed by atoms with Crippen molar-refractivity contribution in [2.24, 2.45) is 10.9 Å². The Balaban J connectivity index is 1.40. The molecule has 0 spiro atoms. The predicted molar refractivity (Wildman–Crippen MR) is 166 cm³/mol. The zero-order valence-electron chi connectivity index (χ0n) is 23.7. The lowest BCUT2D eigenvalue weighted by atomic mass is 10.0. The molecule has 1 saturated heterocycles. The number of amides is 1. The van der Waals surface area contributed by atoms with Gasteiger partial charge in [-0.15, -0.1) is 0 Å². The third-order valence-corrected chi connectivity index (χ3v) is 8.74. The zero-order chi connectivity index (χ0) is 30.4. The van der Waals surface area contributed by atoms with Gasteiger partial charge in [0.2, 0.25) is 15.9 Å². The van der Waals surface area contributed by atoms with Gasteiger partial charge in [-0.25, -0.2) is 13.2 Å². The first-order valence-electron chi connectivity index (χ1n) is 13.9.